The van der Waals surface area contributed by atoms with E-state index < -0.39 is 10.0 Å². The molecule has 0 bridgehead atoms. The molecule has 3 aromatic rings. The lowest BCUT2D eigenvalue weighted by Crippen LogP contribution is -2.23. The molecule has 2 N–H and O–H groups in total. The number of aromatic nitrogens is 1. The van der Waals surface area contributed by atoms with Gasteiger partial charge in [0.15, 0.2) is 12.4 Å². The van der Waals surface area contributed by atoms with Gasteiger partial charge in [-0.2, -0.15) is 0 Å². The first-order valence-electron chi connectivity index (χ1n) is 9.15. The molecule has 1 amide bonds. The van der Waals surface area contributed by atoms with Crippen molar-refractivity contribution in [2.75, 3.05) is 0 Å². The zero-order valence-electron chi connectivity index (χ0n) is 16.6. The molecule has 0 atom stereocenters. The van der Waals surface area contributed by atoms with Crippen molar-refractivity contribution in [1.29, 1.82) is 0 Å². The number of hydrogen-bond donors (Lipinski definition) is 1. The average molecular weight is 410 g/mol. The third kappa shape index (κ3) is 5.00. The maximum Gasteiger partial charge on any atom is 0.251 e. The van der Waals surface area contributed by atoms with Gasteiger partial charge in [-0.3, -0.25) is 4.79 Å². The topological polar surface area (TPSA) is 91.5 Å². The van der Waals surface area contributed by atoms with Crippen LogP contribution in [0.25, 0.3) is 4.72 Å². The summed E-state index contributed by atoms with van der Waals surface area (Å²) < 4.78 is 29.7. The predicted molar refractivity (Wildman–Crippen MR) is 111 cm³/mol. The van der Waals surface area contributed by atoms with E-state index in [4.69, 9.17) is 0 Å². The first-order chi connectivity index (χ1) is 13.8. The largest absolute Gasteiger partial charge is 0.573 e. The summed E-state index contributed by atoms with van der Waals surface area (Å²) >= 11 is 0. The molecule has 0 aliphatic carbocycles. The Morgan fingerprint density at radius 1 is 0.931 bits per heavy atom. The fourth-order valence-electron chi connectivity index (χ4n) is 2.81. The number of nitrogens with one attached hydrogen (secondary N) is 2. The molecule has 29 heavy (non-hydrogen) atoms. The van der Waals surface area contributed by atoms with Crippen molar-refractivity contribution in [3.8, 4) is 0 Å². The Morgan fingerprint density at radius 2 is 1.62 bits per heavy atom. The van der Waals surface area contributed by atoms with Crippen LogP contribution in [0.3, 0.4) is 0 Å². The minimum Gasteiger partial charge on any atom is -0.573 e. The van der Waals surface area contributed by atoms with Gasteiger partial charge in [-0.1, -0.05) is 24.3 Å². The molecule has 6 nitrogen and oxygen atoms in total. The van der Waals surface area contributed by atoms with Crippen molar-refractivity contribution in [3.63, 3.8) is 0 Å². The van der Waals surface area contributed by atoms with E-state index in [-0.39, 0.29) is 16.4 Å². The Balaban J connectivity index is 1.81. The van der Waals surface area contributed by atoms with Gasteiger partial charge in [0.2, 0.25) is 0 Å². The molecule has 1 heterocycles. The number of aromatic amines is 1. The minimum absolute atomic E-state index is 0.0256. The lowest BCUT2D eigenvalue weighted by Gasteiger charge is -2.24. The van der Waals surface area contributed by atoms with E-state index in [1.165, 1.54) is 6.07 Å². The van der Waals surface area contributed by atoms with Crippen LogP contribution in [0.4, 0.5) is 5.69 Å². The van der Waals surface area contributed by atoms with Gasteiger partial charge >= 0.3 is 0 Å². The van der Waals surface area contributed by atoms with Crippen molar-refractivity contribution < 1.29 is 18.2 Å². The number of benzene rings is 2. The monoisotopic (exact) mass is 409 g/mol. The molecule has 7 heteroatoms. The molecule has 3 rings (SSSR count). The summed E-state index contributed by atoms with van der Waals surface area (Å²) in [5, 5.41) is 2.80. The number of aryl methyl sites for hydroxylation is 3. The van der Waals surface area contributed by atoms with Gasteiger partial charge in [0, 0.05) is 24.2 Å². The molecule has 0 saturated carbocycles. The van der Waals surface area contributed by atoms with Gasteiger partial charge in [-0.15, -0.1) is 5.69 Å². The number of carbonyl (C=O) groups excluding carboxylic acids is 1. The van der Waals surface area contributed by atoms with E-state index >= 15 is 0 Å². The van der Waals surface area contributed by atoms with Crippen LogP contribution in [-0.4, -0.2) is 14.3 Å². The van der Waals surface area contributed by atoms with Gasteiger partial charge in [0.05, 0.1) is 4.90 Å². The summed E-state index contributed by atoms with van der Waals surface area (Å²) in [6.45, 7) is 5.89. The normalized spacial score (nSPS) is 11.1. The molecule has 150 valence electrons. The Kier molecular flexibility index (Phi) is 5.98. The Bertz CT molecular complexity index is 1140. The maximum absolute atomic E-state index is 12.9. The summed E-state index contributed by atoms with van der Waals surface area (Å²) in [6.07, 6.45) is 3.54. The SMILES string of the molecule is Cc1ccc([N-]S(=O)(=O)c2cc(C(=O)NCc3cc[nH+]cc3)ccc2C)cc1C. The van der Waals surface area contributed by atoms with E-state index in [0.717, 1.165) is 16.7 Å². The van der Waals surface area contributed by atoms with E-state index in [1.807, 2.05) is 32.0 Å². The zero-order chi connectivity index (χ0) is 21.0. The summed E-state index contributed by atoms with van der Waals surface area (Å²) in [6, 6.07) is 13.6. The lowest BCUT2D eigenvalue weighted by atomic mass is 10.1. The third-order valence-corrected chi connectivity index (χ3v) is 6.13. The van der Waals surface area contributed by atoms with Crippen LogP contribution in [0, 0.1) is 20.8 Å². The highest BCUT2D eigenvalue weighted by molar-refractivity contribution is 7.94. The van der Waals surface area contributed by atoms with Crippen molar-refractivity contribution in [1.82, 2.24) is 5.32 Å². The summed E-state index contributed by atoms with van der Waals surface area (Å²) in [5.74, 6) is -0.347. The highest BCUT2D eigenvalue weighted by atomic mass is 32.2. The molecule has 0 fully saturated rings. The number of rotatable bonds is 6. The molecule has 0 saturated heterocycles. The van der Waals surface area contributed by atoms with Crippen LogP contribution < -0.4 is 10.3 Å². The van der Waals surface area contributed by atoms with Gasteiger partial charge in [-0.05, 0) is 55.2 Å². The molecule has 1 aromatic heterocycles. The smallest absolute Gasteiger partial charge is 0.251 e. The van der Waals surface area contributed by atoms with E-state index in [1.54, 1.807) is 43.6 Å². The summed E-state index contributed by atoms with van der Waals surface area (Å²) in [5.41, 5.74) is 4.13. The fourth-order valence-corrected chi connectivity index (χ4v) is 4.05. The molecule has 0 aliphatic heterocycles. The molecular weight excluding hydrogens is 386 g/mol. The van der Waals surface area contributed by atoms with E-state index in [2.05, 4.69) is 15.0 Å². The van der Waals surface area contributed by atoms with E-state index in [9.17, 15) is 13.2 Å². The van der Waals surface area contributed by atoms with Crippen molar-refractivity contribution in [2.24, 2.45) is 0 Å². The van der Waals surface area contributed by atoms with Gasteiger partial charge in [-0.25, -0.2) is 13.4 Å². The quantitative estimate of drug-likeness (QED) is 0.672. The first-order valence-corrected chi connectivity index (χ1v) is 10.6. The van der Waals surface area contributed by atoms with Crippen LogP contribution in [0.1, 0.15) is 32.6 Å². The second-order valence-electron chi connectivity index (χ2n) is 6.91. The third-order valence-electron chi connectivity index (χ3n) is 4.68. The Morgan fingerprint density at radius 3 is 2.31 bits per heavy atom. The number of sulfonamides is 1. The highest BCUT2D eigenvalue weighted by Gasteiger charge is 2.14. The number of hydrogen-bond acceptors (Lipinski definition) is 3. The Hall–Kier alpha value is -3.19. The van der Waals surface area contributed by atoms with Crippen LogP contribution in [0.2, 0.25) is 0 Å². The molecule has 0 radical (unpaired) electrons. The van der Waals surface area contributed by atoms with Gasteiger partial charge in [0.25, 0.3) is 5.91 Å². The second kappa shape index (κ2) is 8.45. The average Bonchev–Trinajstić information content (AvgIpc) is 2.69. The number of nitrogens with zero attached hydrogens (tertiary/aromatic N) is 1. The van der Waals surface area contributed by atoms with Crippen LogP contribution >= 0.6 is 0 Å². The Labute approximate surface area is 171 Å². The maximum atomic E-state index is 12.9. The standard InChI is InChI=1S/C22H22N3O3S/c1-15-5-7-20(12-17(15)3)25-29(27,28)21-13-19(6-4-16(21)2)22(26)24-14-18-8-10-23-11-9-18/h4-13H,14H2,1-3H3,(H,24,26)/q-1/p+1. The molecule has 0 spiro atoms. The predicted octanol–water partition coefficient (Wildman–Crippen LogP) is 3.75. The molecular formula is C22H23N3O3S. The fraction of sp³-hybridized carbons (Fsp3) is 0.182. The van der Waals surface area contributed by atoms with Crippen LogP contribution in [0.5, 0.6) is 0 Å². The van der Waals surface area contributed by atoms with Gasteiger partial charge < -0.3 is 10.0 Å². The number of amides is 1. The van der Waals surface area contributed by atoms with E-state index in [0.29, 0.717) is 17.8 Å². The number of pyridine rings is 1. The highest BCUT2D eigenvalue weighted by Crippen LogP contribution is 2.31. The zero-order valence-corrected chi connectivity index (χ0v) is 17.4. The second-order valence-corrected chi connectivity index (χ2v) is 8.48. The minimum atomic E-state index is -3.96. The first kappa shape index (κ1) is 20.5. The van der Waals surface area contributed by atoms with Gasteiger partial charge in [0.1, 0.15) is 10.0 Å². The van der Waals surface area contributed by atoms with Crippen molar-refractivity contribution >= 4 is 21.6 Å². The van der Waals surface area contributed by atoms with Crippen LogP contribution in [0.15, 0.2) is 65.8 Å². The molecule has 2 aromatic carbocycles. The lowest BCUT2D eigenvalue weighted by molar-refractivity contribution is -0.378. The van der Waals surface area contributed by atoms with Crippen molar-refractivity contribution in [2.45, 2.75) is 32.2 Å². The summed E-state index contributed by atoms with van der Waals surface area (Å²) in [7, 11) is -3.96. The number of carbonyl (C=O) groups is 1. The van der Waals surface area contributed by atoms with Crippen LogP contribution in [-0.2, 0) is 16.6 Å². The summed E-state index contributed by atoms with van der Waals surface area (Å²) in [4.78, 5) is 15.4. The number of H-pyrrole nitrogens is 1. The molecule has 0 unspecified atom stereocenters. The molecule has 0 aliphatic rings. The van der Waals surface area contributed by atoms with Crippen molar-refractivity contribution in [3.05, 3.63) is 93.5 Å².